The second-order valence-corrected chi connectivity index (χ2v) is 5.62. The van der Waals surface area contributed by atoms with Gasteiger partial charge < -0.3 is 15.2 Å². The van der Waals surface area contributed by atoms with Gasteiger partial charge in [-0.25, -0.2) is 0 Å². The summed E-state index contributed by atoms with van der Waals surface area (Å²) >= 11 is 0. The molecule has 1 aliphatic rings. The number of amides is 2. The minimum Gasteiger partial charge on any atom is -0.369 e. The maximum absolute atomic E-state index is 12.7. The zero-order valence-corrected chi connectivity index (χ0v) is 12.1. The van der Waals surface area contributed by atoms with Crippen LogP contribution < -0.4 is 5.73 Å². The number of hydrogen-bond acceptors (Lipinski definition) is 2. The average molecular weight is 285 g/mol. The van der Waals surface area contributed by atoms with Gasteiger partial charge in [0, 0.05) is 37.0 Å². The van der Waals surface area contributed by atoms with Gasteiger partial charge in [0.15, 0.2) is 0 Å². The lowest BCUT2D eigenvalue weighted by Crippen LogP contribution is -2.42. The lowest BCUT2D eigenvalue weighted by Gasteiger charge is -2.30. The zero-order valence-electron chi connectivity index (χ0n) is 12.1. The highest BCUT2D eigenvalue weighted by molar-refractivity contribution is 5.98. The number of rotatable bonds is 2. The Morgan fingerprint density at radius 1 is 1.19 bits per heavy atom. The second kappa shape index (κ2) is 5.24. The fraction of sp³-hybridized carbons (Fsp3) is 0.375. The van der Waals surface area contributed by atoms with Crippen molar-refractivity contribution in [3.8, 4) is 0 Å². The monoisotopic (exact) mass is 285 g/mol. The molecule has 0 atom stereocenters. The molecular weight excluding hydrogens is 266 g/mol. The predicted molar refractivity (Wildman–Crippen MR) is 80.7 cm³/mol. The van der Waals surface area contributed by atoms with Crippen LogP contribution in [-0.4, -0.2) is 34.4 Å². The molecule has 1 aromatic heterocycles. The number of aromatic nitrogens is 1. The Morgan fingerprint density at radius 2 is 1.86 bits per heavy atom. The number of primary amides is 1. The summed E-state index contributed by atoms with van der Waals surface area (Å²) < 4.78 is 1.93. The van der Waals surface area contributed by atoms with Gasteiger partial charge in [-0.1, -0.05) is 18.2 Å². The molecule has 1 saturated heterocycles. The number of piperidine rings is 1. The Kier molecular flexibility index (Phi) is 3.41. The molecule has 21 heavy (non-hydrogen) atoms. The number of para-hydroxylation sites is 1. The molecule has 2 aromatic rings. The van der Waals surface area contributed by atoms with Crippen LogP contribution in [-0.2, 0) is 11.8 Å². The highest BCUT2D eigenvalue weighted by atomic mass is 16.2. The first-order chi connectivity index (χ1) is 10.1. The summed E-state index contributed by atoms with van der Waals surface area (Å²) in [4.78, 5) is 25.7. The quantitative estimate of drug-likeness (QED) is 0.909. The van der Waals surface area contributed by atoms with E-state index in [0.29, 0.717) is 31.6 Å². The number of nitrogens with two attached hydrogens (primary N) is 1. The Labute approximate surface area is 123 Å². The first-order valence-corrected chi connectivity index (χ1v) is 7.21. The predicted octanol–water partition coefficient (Wildman–Crippen LogP) is 1.52. The van der Waals surface area contributed by atoms with Crippen LogP contribution in [0.1, 0.15) is 23.3 Å². The topological polar surface area (TPSA) is 68.3 Å². The smallest absolute Gasteiger partial charge is 0.270 e. The summed E-state index contributed by atoms with van der Waals surface area (Å²) in [6, 6.07) is 9.87. The van der Waals surface area contributed by atoms with Gasteiger partial charge in [0.1, 0.15) is 5.69 Å². The van der Waals surface area contributed by atoms with E-state index in [4.69, 9.17) is 5.73 Å². The van der Waals surface area contributed by atoms with E-state index in [9.17, 15) is 9.59 Å². The summed E-state index contributed by atoms with van der Waals surface area (Å²) in [5.41, 5.74) is 7.07. The van der Waals surface area contributed by atoms with Crippen LogP contribution in [0.15, 0.2) is 30.3 Å². The van der Waals surface area contributed by atoms with E-state index in [1.54, 1.807) is 0 Å². The number of aryl methyl sites for hydroxylation is 1. The third kappa shape index (κ3) is 2.39. The van der Waals surface area contributed by atoms with Crippen molar-refractivity contribution < 1.29 is 9.59 Å². The Bertz CT molecular complexity index is 697. The van der Waals surface area contributed by atoms with E-state index >= 15 is 0 Å². The number of benzene rings is 1. The van der Waals surface area contributed by atoms with Crippen molar-refractivity contribution in [3.63, 3.8) is 0 Å². The van der Waals surface area contributed by atoms with E-state index in [1.807, 2.05) is 46.8 Å². The van der Waals surface area contributed by atoms with Crippen molar-refractivity contribution in [3.05, 3.63) is 36.0 Å². The molecular formula is C16H19N3O2. The van der Waals surface area contributed by atoms with Crippen LogP contribution in [0.3, 0.4) is 0 Å². The second-order valence-electron chi connectivity index (χ2n) is 5.62. The zero-order chi connectivity index (χ0) is 15.0. The molecule has 0 saturated carbocycles. The molecule has 3 rings (SSSR count). The lowest BCUT2D eigenvalue weighted by molar-refractivity contribution is -0.123. The molecule has 0 aliphatic carbocycles. The number of nitrogens with zero attached hydrogens (tertiary/aromatic N) is 2. The van der Waals surface area contributed by atoms with Crippen LogP contribution >= 0.6 is 0 Å². The van der Waals surface area contributed by atoms with E-state index in [-0.39, 0.29) is 17.7 Å². The molecule has 0 spiro atoms. The number of hydrogen-bond donors (Lipinski definition) is 1. The average Bonchev–Trinajstić information content (AvgIpc) is 2.84. The van der Waals surface area contributed by atoms with Crippen LogP contribution in [0.5, 0.6) is 0 Å². The highest BCUT2D eigenvalue weighted by Crippen LogP contribution is 2.22. The van der Waals surface area contributed by atoms with Crippen LogP contribution in [0.25, 0.3) is 10.9 Å². The summed E-state index contributed by atoms with van der Waals surface area (Å²) in [5, 5.41) is 1.07. The lowest BCUT2D eigenvalue weighted by atomic mass is 9.96. The molecule has 0 bridgehead atoms. The Balaban J connectivity index is 1.82. The largest absolute Gasteiger partial charge is 0.369 e. The van der Waals surface area contributed by atoms with Crippen molar-refractivity contribution in [1.29, 1.82) is 0 Å². The maximum Gasteiger partial charge on any atom is 0.270 e. The minimum absolute atomic E-state index is 0.0246. The molecule has 0 radical (unpaired) electrons. The summed E-state index contributed by atoms with van der Waals surface area (Å²) in [6.07, 6.45) is 1.32. The van der Waals surface area contributed by atoms with Gasteiger partial charge in [-0.15, -0.1) is 0 Å². The van der Waals surface area contributed by atoms with E-state index in [2.05, 4.69) is 0 Å². The van der Waals surface area contributed by atoms with Crippen LogP contribution in [0.4, 0.5) is 0 Å². The number of carbonyl (C=O) groups is 2. The van der Waals surface area contributed by atoms with Crippen LogP contribution in [0, 0.1) is 5.92 Å². The first-order valence-electron chi connectivity index (χ1n) is 7.21. The number of carbonyl (C=O) groups excluding carboxylic acids is 2. The molecule has 110 valence electrons. The molecule has 1 aromatic carbocycles. The van der Waals surface area contributed by atoms with E-state index < -0.39 is 0 Å². The first kappa shape index (κ1) is 13.7. The molecule has 5 heteroatoms. The van der Waals surface area contributed by atoms with E-state index in [1.165, 1.54) is 0 Å². The van der Waals surface area contributed by atoms with Gasteiger partial charge in [0.05, 0.1) is 0 Å². The maximum atomic E-state index is 12.7. The minimum atomic E-state index is -0.258. The molecule has 0 unspecified atom stereocenters. The van der Waals surface area contributed by atoms with Gasteiger partial charge in [-0.2, -0.15) is 0 Å². The normalized spacial score (nSPS) is 16.3. The van der Waals surface area contributed by atoms with Crippen molar-refractivity contribution >= 4 is 22.7 Å². The third-order valence-electron chi connectivity index (χ3n) is 4.36. The van der Waals surface area contributed by atoms with Crippen molar-refractivity contribution in [2.75, 3.05) is 13.1 Å². The molecule has 2 N–H and O–H groups in total. The van der Waals surface area contributed by atoms with Gasteiger partial charge in [-0.05, 0) is 25.0 Å². The van der Waals surface area contributed by atoms with Crippen molar-refractivity contribution in [2.24, 2.45) is 18.7 Å². The summed E-state index contributed by atoms with van der Waals surface area (Å²) in [6.45, 7) is 1.18. The summed E-state index contributed by atoms with van der Waals surface area (Å²) in [7, 11) is 1.91. The molecule has 5 nitrogen and oxygen atoms in total. The standard InChI is InChI=1S/C16H19N3O2/c1-18-13-5-3-2-4-12(13)10-14(18)16(21)19-8-6-11(7-9-19)15(17)20/h2-5,10-11H,6-9H2,1H3,(H2,17,20). The number of fused-ring (bicyclic) bond motifs is 1. The van der Waals surface area contributed by atoms with E-state index in [0.717, 1.165) is 10.9 Å². The summed E-state index contributed by atoms with van der Waals surface area (Å²) in [5.74, 6) is -0.329. The van der Waals surface area contributed by atoms with Gasteiger partial charge >= 0.3 is 0 Å². The Morgan fingerprint density at radius 3 is 2.48 bits per heavy atom. The third-order valence-corrected chi connectivity index (χ3v) is 4.36. The molecule has 1 aliphatic heterocycles. The SMILES string of the molecule is Cn1c(C(=O)N2CCC(C(N)=O)CC2)cc2ccccc21. The fourth-order valence-electron chi connectivity index (χ4n) is 3.02. The Hall–Kier alpha value is -2.30. The van der Waals surface area contributed by atoms with Gasteiger partial charge in [0.2, 0.25) is 5.91 Å². The van der Waals surface area contributed by atoms with Gasteiger partial charge in [0.25, 0.3) is 5.91 Å². The molecule has 2 amide bonds. The van der Waals surface area contributed by atoms with Crippen molar-refractivity contribution in [2.45, 2.75) is 12.8 Å². The van der Waals surface area contributed by atoms with Crippen LogP contribution in [0.2, 0.25) is 0 Å². The highest BCUT2D eigenvalue weighted by Gasteiger charge is 2.27. The number of likely N-dealkylation sites (tertiary alicyclic amines) is 1. The molecule has 1 fully saturated rings. The fourth-order valence-corrected chi connectivity index (χ4v) is 3.02. The van der Waals surface area contributed by atoms with Crippen molar-refractivity contribution in [1.82, 2.24) is 9.47 Å². The molecule has 2 heterocycles. The van der Waals surface area contributed by atoms with Gasteiger partial charge in [-0.3, -0.25) is 9.59 Å².